The molecule has 0 aromatic carbocycles. The Balaban J connectivity index is 2.75. The lowest BCUT2D eigenvalue weighted by Crippen LogP contribution is -2.27. The fourth-order valence-electron chi connectivity index (χ4n) is 1.24. The summed E-state index contributed by atoms with van der Waals surface area (Å²) in [5.74, 6) is -0.746. The molecule has 0 aliphatic heterocycles. The summed E-state index contributed by atoms with van der Waals surface area (Å²) in [6.45, 7) is 6.77. The van der Waals surface area contributed by atoms with E-state index in [-0.39, 0.29) is 12.4 Å². The van der Waals surface area contributed by atoms with Crippen LogP contribution >= 0.6 is 0 Å². The van der Waals surface area contributed by atoms with Crippen molar-refractivity contribution in [3.05, 3.63) is 21.9 Å². The van der Waals surface area contributed by atoms with Crippen molar-refractivity contribution >= 4 is 11.8 Å². The molecule has 0 unspecified atom stereocenters. The first-order chi connectivity index (χ1) is 7.69. The zero-order valence-corrected chi connectivity index (χ0v) is 10.3. The SMILES string of the molecule is Cc1cc([N+](=O)[O-])nn1CC(=O)OC(C)(C)C. The van der Waals surface area contributed by atoms with E-state index < -0.39 is 16.5 Å². The molecule has 1 aromatic heterocycles. The molecule has 0 saturated heterocycles. The summed E-state index contributed by atoms with van der Waals surface area (Å²) in [4.78, 5) is 21.4. The van der Waals surface area contributed by atoms with Gasteiger partial charge in [0.2, 0.25) is 0 Å². The summed E-state index contributed by atoms with van der Waals surface area (Å²) in [7, 11) is 0. The quantitative estimate of drug-likeness (QED) is 0.454. The molecule has 1 rings (SSSR count). The lowest BCUT2D eigenvalue weighted by Gasteiger charge is -2.18. The van der Waals surface area contributed by atoms with Crippen LogP contribution in [0, 0.1) is 17.0 Å². The molecule has 17 heavy (non-hydrogen) atoms. The maximum atomic E-state index is 11.5. The van der Waals surface area contributed by atoms with Crippen molar-refractivity contribution < 1.29 is 14.5 Å². The van der Waals surface area contributed by atoms with E-state index in [0.29, 0.717) is 5.69 Å². The van der Waals surface area contributed by atoms with E-state index in [9.17, 15) is 14.9 Å². The Morgan fingerprint density at radius 1 is 1.59 bits per heavy atom. The van der Waals surface area contributed by atoms with Gasteiger partial charge < -0.3 is 14.9 Å². The highest BCUT2D eigenvalue weighted by atomic mass is 16.6. The molecule has 1 heterocycles. The number of nitrogens with zero attached hydrogens (tertiary/aromatic N) is 3. The monoisotopic (exact) mass is 241 g/mol. The predicted molar refractivity (Wildman–Crippen MR) is 59.5 cm³/mol. The lowest BCUT2D eigenvalue weighted by atomic mass is 10.2. The number of carbonyl (C=O) groups is 1. The van der Waals surface area contributed by atoms with Gasteiger partial charge in [-0.3, -0.25) is 0 Å². The Labute approximate surface area is 98.5 Å². The predicted octanol–water partition coefficient (Wildman–Crippen LogP) is 1.44. The molecule has 94 valence electrons. The lowest BCUT2D eigenvalue weighted by molar-refractivity contribution is -0.389. The second-order valence-electron chi connectivity index (χ2n) is 4.65. The van der Waals surface area contributed by atoms with Gasteiger partial charge in [0, 0.05) is 0 Å². The molecule has 0 atom stereocenters. The molecule has 0 amide bonds. The Morgan fingerprint density at radius 2 is 2.18 bits per heavy atom. The van der Waals surface area contributed by atoms with Gasteiger partial charge >= 0.3 is 11.8 Å². The largest absolute Gasteiger partial charge is 0.459 e. The van der Waals surface area contributed by atoms with Crippen LogP contribution in [0.4, 0.5) is 5.82 Å². The molecule has 0 spiro atoms. The highest BCUT2D eigenvalue weighted by molar-refractivity contribution is 5.69. The number of aromatic nitrogens is 2. The number of hydrogen-bond donors (Lipinski definition) is 0. The van der Waals surface area contributed by atoms with Crippen LogP contribution in [-0.4, -0.2) is 26.3 Å². The van der Waals surface area contributed by atoms with Crippen LogP contribution in [0.5, 0.6) is 0 Å². The summed E-state index contributed by atoms with van der Waals surface area (Å²) in [5.41, 5.74) is -0.0353. The minimum Gasteiger partial charge on any atom is -0.459 e. The standard InChI is InChI=1S/C10H15N3O4/c1-7-5-8(13(15)16)11-12(7)6-9(14)17-10(2,3)4/h5H,6H2,1-4H3. The number of hydrogen-bond acceptors (Lipinski definition) is 5. The third-order valence-electron chi connectivity index (χ3n) is 1.85. The van der Waals surface area contributed by atoms with Crippen LogP contribution in [0.1, 0.15) is 26.5 Å². The number of carbonyl (C=O) groups excluding carboxylic acids is 1. The Bertz CT molecular complexity index is 445. The van der Waals surface area contributed by atoms with Gasteiger partial charge in [-0.05, 0) is 32.6 Å². The van der Waals surface area contributed by atoms with Crippen molar-refractivity contribution in [2.45, 2.75) is 39.8 Å². The molecule has 0 radical (unpaired) electrons. The van der Waals surface area contributed by atoms with Gasteiger partial charge in [-0.25, -0.2) is 4.79 Å². The van der Waals surface area contributed by atoms with Gasteiger partial charge in [-0.2, -0.15) is 4.68 Å². The number of esters is 1. The zero-order chi connectivity index (χ0) is 13.2. The van der Waals surface area contributed by atoms with Gasteiger partial charge in [-0.15, -0.1) is 0 Å². The molecule has 1 aromatic rings. The Hall–Kier alpha value is -1.92. The number of nitro groups is 1. The zero-order valence-electron chi connectivity index (χ0n) is 10.3. The van der Waals surface area contributed by atoms with Crippen molar-refractivity contribution in [2.75, 3.05) is 0 Å². The van der Waals surface area contributed by atoms with E-state index in [1.165, 1.54) is 10.7 Å². The fourth-order valence-corrected chi connectivity index (χ4v) is 1.24. The van der Waals surface area contributed by atoms with Gasteiger partial charge in [0.05, 0.1) is 16.9 Å². The molecule has 0 aliphatic rings. The molecule has 7 nitrogen and oxygen atoms in total. The third-order valence-corrected chi connectivity index (χ3v) is 1.85. The Morgan fingerprint density at radius 3 is 2.59 bits per heavy atom. The van der Waals surface area contributed by atoms with Crippen molar-refractivity contribution in [1.82, 2.24) is 9.78 Å². The van der Waals surface area contributed by atoms with Crippen molar-refractivity contribution in [1.29, 1.82) is 0 Å². The summed E-state index contributed by atoms with van der Waals surface area (Å²) in [6.07, 6.45) is 0. The van der Waals surface area contributed by atoms with Crippen molar-refractivity contribution in [2.24, 2.45) is 0 Å². The summed E-state index contributed by atoms with van der Waals surface area (Å²) >= 11 is 0. The van der Waals surface area contributed by atoms with E-state index in [0.717, 1.165) is 0 Å². The molecular weight excluding hydrogens is 226 g/mol. The van der Waals surface area contributed by atoms with Crippen molar-refractivity contribution in [3.63, 3.8) is 0 Å². The van der Waals surface area contributed by atoms with Gasteiger partial charge in [0.15, 0.2) is 6.54 Å². The van der Waals surface area contributed by atoms with E-state index >= 15 is 0 Å². The third kappa shape index (κ3) is 3.86. The van der Waals surface area contributed by atoms with Gasteiger partial charge in [0.25, 0.3) is 0 Å². The molecule has 0 saturated carbocycles. The topological polar surface area (TPSA) is 87.3 Å². The maximum Gasteiger partial charge on any atom is 0.390 e. The number of aryl methyl sites for hydroxylation is 1. The van der Waals surface area contributed by atoms with Gasteiger partial charge in [0.1, 0.15) is 5.60 Å². The minimum atomic E-state index is -0.599. The maximum absolute atomic E-state index is 11.5. The van der Waals surface area contributed by atoms with Crippen LogP contribution in [0.25, 0.3) is 0 Å². The first-order valence-corrected chi connectivity index (χ1v) is 5.10. The summed E-state index contributed by atoms with van der Waals surface area (Å²) < 4.78 is 6.35. The highest BCUT2D eigenvalue weighted by Gasteiger charge is 2.21. The number of ether oxygens (including phenoxy) is 1. The molecule has 0 N–H and O–H groups in total. The fraction of sp³-hybridized carbons (Fsp3) is 0.600. The van der Waals surface area contributed by atoms with E-state index in [2.05, 4.69) is 5.10 Å². The molecule has 0 fully saturated rings. The first kappa shape index (κ1) is 13.1. The van der Waals surface area contributed by atoms with Crippen LogP contribution < -0.4 is 0 Å². The van der Waals surface area contributed by atoms with Crippen LogP contribution in [0.2, 0.25) is 0 Å². The number of rotatable bonds is 3. The van der Waals surface area contributed by atoms with Gasteiger partial charge in [-0.1, -0.05) is 0 Å². The average Bonchev–Trinajstić information content (AvgIpc) is 2.44. The van der Waals surface area contributed by atoms with E-state index in [1.54, 1.807) is 27.7 Å². The second-order valence-corrected chi connectivity index (χ2v) is 4.65. The molecular formula is C10H15N3O4. The second kappa shape index (κ2) is 4.52. The average molecular weight is 241 g/mol. The smallest absolute Gasteiger partial charge is 0.390 e. The minimum absolute atomic E-state index is 0.128. The highest BCUT2D eigenvalue weighted by Crippen LogP contribution is 2.12. The summed E-state index contributed by atoms with van der Waals surface area (Å²) in [6, 6.07) is 1.31. The normalized spacial score (nSPS) is 11.3. The first-order valence-electron chi connectivity index (χ1n) is 5.10. The van der Waals surface area contributed by atoms with E-state index in [4.69, 9.17) is 4.74 Å². The Kier molecular flexibility index (Phi) is 3.50. The molecule has 0 bridgehead atoms. The van der Waals surface area contributed by atoms with Crippen LogP contribution in [-0.2, 0) is 16.1 Å². The van der Waals surface area contributed by atoms with E-state index in [1.807, 2.05) is 0 Å². The molecule has 0 aliphatic carbocycles. The molecule has 7 heteroatoms. The summed E-state index contributed by atoms with van der Waals surface area (Å²) in [5, 5.41) is 14.2. The van der Waals surface area contributed by atoms with Crippen LogP contribution in [0.3, 0.4) is 0 Å². The van der Waals surface area contributed by atoms with Crippen LogP contribution in [0.15, 0.2) is 6.07 Å². The van der Waals surface area contributed by atoms with Crippen molar-refractivity contribution in [3.8, 4) is 0 Å².